The molecule has 162 valence electrons. The van der Waals surface area contributed by atoms with Gasteiger partial charge in [0.15, 0.2) is 0 Å². The zero-order valence-electron chi connectivity index (χ0n) is 17.9. The van der Waals surface area contributed by atoms with Gasteiger partial charge in [0.2, 0.25) is 0 Å². The Bertz CT molecular complexity index is 908. The second-order valence-corrected chi connectivity index (χ2v) is 7.53. The van der Waals surface area contributed by atoms with Gasteiger partial charge in [0, 0.05) is 6.54 Å². The van der Waals surface area contributed by atoms with Gasteiger partial charge >= 0.3 is 5.97 Å². The van der Waals surface area contributed by atoms with E-state index in [0.717, 1.165) is 30.8 Å². The van der Waals surface area contributed by atoms with E-state index in [9.17, 15) is 4.79 Å². The average Bonchev–Trinajstić information content (AvgIpc) is 2.82. The average molecular weight is 419 g/mol. The van der Waals surface area contributed by atoms with Crippen LogP contribution < -0.4 is 15.4 Å². The summed E-state index contributed by atoms with van der Waals surface area (Å²) in [6.45, 7) is 0.737. The van der Waals surface area contributed by atoms with Crippen LogP contribution in [0.15, 0.2) is 84.9 Å². The molecule has 0 amide bonds. The summed E-state index contributed by atoms with van der Waals surface area (Å²) in [4.78, 5) is 13.4. The number of para-hydroxylation sites is 2. The monoisotopic (exact) mass is 418 g/mol. The first-order valence-electron chi connectivity index (χ1n) is 10.6. The summed E-state index contributed by atoms with van der Waals surface area (Å²) in [5.41, 5.74) is 9.07. The number of methoxy groups -OCH3 is 1. The van der Waals surface area contributed by atoms with Crippen LogP contribution in [0.3, 0.4) is 0 Å². The fourth-order valence-corrected chi connectivity index (χ4v) is 3.85. The highest BCUT2D eigenvalue weighted by Crippen LogP contribution is 2.38. The molecule has 0 spiro atoms. The van der Waals surface area contributed by atoms with Crippen LogP contribution in [0.1, 0.15) is 36.4 Å². The number of nitrogens with zero attached hydrogens (tertiary/aromatic N) is 1. The van der Waals surface area contributed by atoms with Crippen molar-refractivity contribution in [1.82, 2.24) is 0 Å². The summed E-state index contributed by atoms with van der Waals surface area (Å²) in [6, 6.07) is 28.0. The van der Waals surface area contributed by atoms with Crippen LogP contribution in [-0.4, -0.2) is 30.8 Å². The zero-order valence-corrected chi connectivity index (χ0v) is 17.9. The summed E-state index contributed by atoms with van der Waals surface area (Å²) >= 11 is 0. The normalized spacial score (nSPS) is 11.8. The standard InChI is InChI=1S/C26H30N2O3/c1-31-24-18-9-8-17-23(24)28(19-11-10-16-22(27)26(29)30)25(20-12-4-2-5-13-20)21-14-6-3-7-15-21/h2-9,12-15,17-18,22,25H,10-11,16,19,27H2,1H3,(H,29,30). The molecule has 0 heterocycles. The Kier molecular flexibility index (Phi) is 8.07. The molecule has 3 aromatic rings. The molecule has 3 rings (SSSR count). The molecule has 1 unspecified atom stereocenters. The quantitative estimate of drug-likeness (QED) is 0.434. The molecule has 0 fully saturated rings. The van der Waals surface area contributed by atoms with Crippen LogP contribution in [0.2, 0.25) is 0 Å². The lowest BCUT2D eigenvalue weighted by Crippen LogP contribution is -2.32. The molecule has 31 heavy (non-hydrogen) atoms. The van der Waals surface area contributed by atoms with Crippen LogP contribution in [-0.2, 0) is 4.79 Å². The van der Waals surface area contributed by atoms with Crippen molar-refractivity contribution >= 4 is 11.7 Å². The Morgan fingerprint density at radius 3 is 2.00 bits per heavy atom. The van der Waals surface area contributed by atoms with E-state index in [1.807, 2.05) is 30.3 Å². The minimum Gasteiger partial charge on any atom is -0.495 e. The third-order valence-corrected chi connectivity index (χ3v) is 5.42. The number of rotatable bonds is 11. The lowest BCUT2D eigenvalue weighted by molar-refractivity contribution is -0.138. The Morgan fingerprint density at radius 1 is 0.903 bits per heavy atom. The van der Waals surface area contributed by atoms with Gasteiger partial charge in [0.1, 0.15) is 11.8 Å². The van der Waals surface area contributed by atoms with Crippen LogP contribution in [0.4, 0.5) is 5.69 Å². The number of nitrogens with two attached hydrogens (primary N) is 1. The lowest BCUT2D eigenvalue weighted by atomic mass is 9.95. The second kappa shape index (κ2) is 11.2. The van der Waals surface area contributed by atoms with Crippen LogP contribution in [0.25, 0.3) is 0 Å². The lowest BCUT2D eigenvalue weighted by Gasteiger charge is -2.35. The predicted molar refractivity (Wildman–Crippen MR) is 125 cm³/mol. The fourth-order valence-electron chi connectivity index (χ4n) is 3.85. The van der Waals surface area contributed by atoms with E-state index in [0.29, 0.717) is 6.42 Å². The van der Waals surface area contributed by atoms with E-state index in [1.165, 1.54) is 11.1 Å². The highest BCUT2D eigenvalue weighted by atomic mass is 16.5. The number of unbranched alkanes of at least 4 members (excludes halogenated alkanes) is 1. The summed E-state index contributed by atoms with van der Waals surface area (Å²) in [7, 11) is 1.68. The number of carboxylic acids is 1. The van der Waals surface area contributed by atoms with Crippen molar-refractivity contribution in [3.8, 4) is 5.75 Å². The number of carbonyl (C=O) groups is 1. The number of hydrogen-bond donors (Lipinski definition) is 2. The molecule has 0 aliphatic carbocycles. The van der Waals surface area contributed by atoms with Crippen LogP contribution >= 0.6 is 0 Å². The van der Waals surface area contributed by atoms with E-state index >= 15 is 0 Å². The van der Waals surface area contributed by atoms with Gasteiger partial charge in [-0.05, 0) is 42.5 Å². The summed E-state index contributed by atoms with van der Waals surface area (Å²) < 4.78 is 5.68. The number of aliphatic carboxylic acids is 1. The first kappa shape index (κ1) is 22.4. The van der Waals surface area contributed by atoms with Gasteiger partial charge in [0.05, 0.1) is 18.8 Å². The van der Waals surface area contributed by atoms with E-state index in [4.69, 9.17) is 15.6 Å². The Morgan fingerprint density at radius 2 is 1.45 bits per heavy atom. The van der Waals surface area contributed by atoms with Crippen molar-refractivity contribution in [1.29, 1.82) is 0 Å². The first-order chi connectivity index (χ1) is 15.1. The molecule has 0 aliphatic rings. The van der Waals surface area contributed by atoms with E-state index in [2.05, 4.69) is 59.5 Å². The number of benzene rings is 3. The van der Waals surface area contributed by atoms with E-state index < -0.39 is 12.0 Å². The van der Waals surface area contributed by atoms with Gasteiger partial charge in [0.25, 0.3) is 0 Å². The van der Waals surface area contributed by atoms with Crippen molar-refractivity contribution < 1.29 is 14.6 Å². The SMILES string of the molecule is COc1ccccc1N(CCCCC(N)C(=O)O)C(c1ccccc1)c1ccccc1. The maximum Gasteiger partial charge on any atom is 0.320 e. The van der Waals surface area contributed by atoms with Gasteiger partial charge in [-0.2, -0.15) is 0 Å². The van der Waals surface area contributed by atoms with E-state index in [1.54, 1.807) is 7.11 Å². The van der Waals surface area contributed by atoms with Crippen molar-refractivity contribution in [3.63, 3.8) is 0 Å². The number of ether oxygens (including phenoxy) is 1. The summed E-state index contributed by atoms with van der Waals surface area (Å²) in [5, 5.41) is 9.07. The molecule has 0 saturated carbocycles. The second-order valence-electron chi connectivity index (χ2n) is 7.53. The molecule has 1 atom stereocenters. The van der Waals surface area contributed by atoms with Gasteiger partial charge in [-0.15, -0.1) is 0 Å². The molecule has 0 bridgehead atoms. The summed E-state index contributed by atoms with van der Waals surface area (Å²) in [5.74, 6) is -0.144. The molecule has 0 radical (unpaired) electrons. The highest BCUT2D eigenvalue weighted by Gasteiger charge is 2.25. The van der Waals surface area contributed by atoms with Gasteiger partial charge in [-0.3, -0.25) is 4.79 Å². The van der Waals surface area contributed by atoms with Crippen LogP contribution in [0.5, 0.6) is 5.75 Å². The molecular formula is C26H30N2O3. The number of carboxylic acid groups (broad SMARTS) is 1. The van der Waals surface area contributed by atoms with Crippen molar-refractivity contribution in [2.75, 3.05) is 18.6 Å². The predicted octanol–water partition coefficient (Wildman–Crippen LogP) is 4.87. The number of anilines is 1. The molecule has 0 saturated heterocycles. The summed E-state index contributed by atoms with van der Waals surface area (Å²) in [6.07, 6.45) is 2.00. The smallest absolute Gasteiger partial charge is 0.320 e. The Labute approximate surface area is 184 Å². The van der Waals surface area contributed by atoms with E-state index in [-0.39, 0.29) is 6.04 Å². The molecule has 0 aromatic heterocycles. The van der Waals surface area contributed by atoms with Gasteiger partial charge in [-0.25, -0.2) is 0 Å². The Balaban J connectivity index is 1.97. The van der Waals surface area contributed by atoms with Crippen molar-refractivity contribution in [3.05, 3.63) is 96.1 Å². The van der Waals surface area contributed by atoms with Crippen molar-refractivity contribution in [2.45, 2.75) is 31.3 Å². The van der Waals surface area contributed by atoms with Crippen LogP contribution in [0, 0.1) is 0 Å². The molecule has 5 nitrogen and oxygen atoms in total. The topological polar surface area (TPSA) is 75.8 Å². The molecule has 3 aromatic carbocycles. The maximum absolute atomic E-state index is 11.1. The third-order valence-electron chi connectivity index (χ3n) is 5.42. The molecule has 3 N–H and O–H groups in total. The zero-order chi connectivity index (χ0) is 22.1. The number of hydrogen-bond acceptors (Lipinski definition) is 4. The van der Waals surface area contributed by atoms with Crippen molar-refractivity contribution in [2.24, 2.45) is 5.73 Å². The van der Waals surface area contributed by atoms with Gasteiger partial charge in [-0.1, -0.05) is 72.8 Å². The fraction of sp³-hybridized carbons (Fsp3) is 0.269. The minimum absolute atomic E-state index is 0.00755. The highest BCUT2D eigenvalue weighted by molar-refractivity contribution is 5.72. The molecular weight excluding hydrogens is 388 g/mol. The first-order valence-corrected chi connectivity index (χ1v) is 10.6. The maximum atomic E-state index is 11.1. The minimum atomic E-state index is -0.951. The molecule has 0 aliphatic heterocycles. The molecule has 5 heteroatoms. The Hall–Kier alpha value is -3.31. The van der Waals surface area contributed by atoms with Gasteiger partial charge < -0.3 is 20.5 Å². The largest absolute Gasteiger partial charge is 0.495 e. The third kappa shape index (κ3) is 5.86.